The summed E-state index contributed by atoms with van der Waals surface area (Å²) in [5.41, 5.74) is 5.46. The number of allylic oxidation sites excluding steroid dienone is 2. The lowest BCUT2D eigenvalue weighted by atomic mass is 9.99. The number of carbonyl (C=O) groups is 1. The van der Waals surface area contributed by atoms with Gasteiger partial charge in [0.05, 0.1) is 12.6 Å². The van der Waals surface area contributed by atoms with Crippen LogP contribution in [-0.4, -0.2) is 47.0 Å². The van der Waals surface area contributed by atoms with Gasteiger partial charge in [0.2, 0.25) is 6.17 Å². The number of nitrogens with one attached hydrogen (secondary N) is 1. The number of hydrogen-bond donors (Lipinski definition) is 1. The van der Waals surface area contributed by atoms with Gasteiger partial charge in [-0.2, -0.15) is 5.10 Å². The van der Waals surface area contributed by atoms with E-state index in [4.69, 9.17) is 4.74 Å². The third kappa shape index (κ3) is 2.34. The summed E-state index contributed by atoms with van der Waals surface area (Å²) < 4.78 is 5.85. The van der Waals surface area contributed by atoms with E-state index in [9.17, 15) is 4.79 Å². The Bertz CT molecular complexity index is 602. The van der Waals surface area contributed by atoms with E-state index in [1.807, 2.05) is 11.8 Å². The molecule has 6 nitrogen and oxygen atoms in total. The molecular weight excluding hydrogens is 304 g/mol. The monoisotopic (exact) mass is 332 g/mol. The normalized spacial score (nSPS) is 31.8. The highest BCUT2D eigenvalue weighted by Crippen LogP contribution is 2.52. The second-order valence-corrected chi connectivity index (χ2v) is 7.58. The third-order valence-corrected chi connectivity index (χ3v) is 6.23. The highest BCUT2D eigenvalue weighted by Gasteiger charge is 2.54. The van der Waals surface area contributed by atoms with Gasteiger partial charge >= 0.3 is 0 Å². The zero-order valence-electron chi connectivity index (χ0n) is 15.0. The number of carbonyl (C=O) groups excluding carboxylic acids is 1. The maximum atomic E-state index is 13.1. The number of rotatable bonds is 4. The van der Waals surface area contributed by atoms with E-state index in [0.717, 1.165) is 43.1 Å². The topological polar surface area (TPSA) is 57.2 Å². The quantitative estimate of drug-likeness (QED) is 0.859. The predicted octanol–water partition coefficient (Wildman–Crippen LogP) is 2.38. The number of ether oxygens (including phenoxy) is 1. The molecule has 3 aliphatic heterocycles. The van der Waals surface area contributed by atoms with Gasteiger partial charge in [0.1, 0.15) is 5.84 Å². The summed E-state index contributed by atoms with van der Waals surface area (Å²) in [4.78, 5) is 17.1. The Labute approximate surface area is 143 Å². The Balaban J connectivity index is 1.58. The zero-order chi connectivity index (χ0) is 16.9. The first-order valence-electron chi connectivity index (χ1n) is 9.31. The number of hydrazone groups is 1. The van der Waals surface area contributed by atoms with Gasteiger partial charge in [0.15, 0.2) is 0 Å². The molecule has 132 valence electrons. The van der Waals surface area contributed by atoms with E-state index in [1.165, 1.54) is 19.3 Å². The molecular formula is C18H28N4O2. The van der Waals surface area contributed by atoms with Crippen LogP contribution in [0.2, 0.25) is 0 Å². The van der Waals surface area contributed by atoms with Crippen molar-refractivity contribution in [3.8, 4) is 0 Å². The van der Waals surface area contributed by atoms with Gasteiger partial charge in [-0.3, -0.25) is 15.1 Å². The summed E-state index contributed by atoms with van der Waals surface area (Å²) in [6.07, 6.45) is 6.57. The Morgan fingerprint density at radius 3 is 2.71 bits per heavy atom. The molecule has 24 heavy (non-hydrogen) atoms. The Morgan fingerprint density at radius 1 is 1.29 bits per heavy atom. The molecule has 6 heteroatoms. The second-order valence-electron chi connectivity index (χ2n) is 7.58. The van der Waals surface area contributed by atoms with Crippen molar-refractivity contribution in [1.29, 1.82) is 0 Å². The number of amidine groups is 1. The molecule has 3 heterocycles. The van der Waals surface area contributed by atoms with Crippen molar-refractivity contribution < 1.29 is 9.53 Å². The molecule has 0 aromatic rings. The number of amides is 1. The van der Waals surface area contributed by atoms with Crippen LogP contribution in [0.5, 0.6) is 0 Å². The summed E-state index contributed by atoms with van der Waals surface area (Å²) >= 11 is 0. The molecule has 1 unspecified atom stereocenters. The average molecular weight is 332 g/mol. The van der Waals surface area contributed by atoms with Crippen molar-refractivity contribution in [1.82, 2.24) is 15.2 Å². The molecule has 0 radical (unpaired) electrons. The van der Waals surface area contributed by atoms with Crippen LogP contribution in [0.4, 0.5) is 0 Å². The van der Waals surface area contributed by atoms with E-state index >= 15 is 0 Å². The zero-order valence-corrected chi connectivity index (χ0v) is 15.0. The van der Waals surface area contributed by atoms with Crippen LogP contribution in [0.1, 0.15) is 59.3 Å². The van der Waals surface area contributed by atoms with Crippen molar-refractivity contribution in [3.63, 3.8) is 0 Å². The van der Waals surface area contributed by atoms with E-state index in [1.54, 1.807) is 0 Å². The van der Waals surface area contributed by atoms with Gasteiger partial charge < -0.3 is 9.64 Å². The lowest BCUT2D eigenvalue weighted by Crippen LogP contribution is -2.57. The SMILES string of the molecule is CCC1(C2=NNC3C(=O)N(C[C@@H]4CCCCO4)C(C)=C(C)N23)CC1. The van der Waals surface area contributed by atoms with E-state index in [2.05, 4.69) is 29.3 Å². The Morgan fingerprint density at radius 2 is 2.08 bits per heavy atom. The van der Waals surface area contributed by atoms with Gasteiger partial charge in [0, 0.05) is 23.4 Å². The molecule has 2 fully saturated rings. The molecule has 2 atom stereocenters. The van der Waals surface area contributed by atoms with Gasteiger partial charge in [-0.25, -0.2) is 0 Å². The van der Waals surface area contributed by atoms with Crippen LogP contribution in [0.3, 0.4) is 0 Å². The fourth-order valence-electron chi connectivity index (χ4n) is 4.20. The van der Waals surface area contributed by atoms with Crippen LogP contribution in [0, 0.1) is 5.41 Å². The fraction of sp³-hybridized carbons (Fsp3) is 0.778. The summed E-state index contributed by atoms with van der Waals surface area (Å²) in [5.74, 6) is 1.16. The minimum Gasteiger partial charge on any atom is -0.376 e. The minimum atomic E-state index is -0.378. The highest BCUT2D eigenvalue weighted by molar-refractivity contribution is 5.99. The van der Waals surface area contributed by atoms with E-state index in [0.29, 0.717) is 6.54 Å². The van der Waals surface area contributed by atoms with Crippen LogP contribution < -0.4 is 5.43 Å². The summed E-state index contributed by atoms with van der Waals surface area (Å²) in [7, 11) is 0. The molecule has 1 amide bonds. The molecule has 1 N–H and O–H groups in total. The van der Waals surface area contributed by atoms with Crippen LogP contribution in [-0.2, 0) is 9.53 Å². The maximum absolute atomic E-state index is 13.1. The van der Waals surface area contributed by atoms with Crippen molar-refractivity contribution in [3.05, 3.63) is 11.4 Å². The first-order valence-corrected chi connectivity index (χ1v) is 9.31. The number of fused-ring (bicyclic) bond motifs is 1. The number of nitrogens with zero attached hydrogens (tertiary/aromatic N) is 3. The lowest BCUT2D eigenvalue weighted by Gasteiger charge is -2.41. The average Bonchev–Trinajstić information content (AvgIpc) is 3.28. The van der Waals surface area contributed by atoms with Crippen molar-refractivity contribution >= 4 is 11.7 Å². The molecule has 1 aliphatic carbocycles. The molecule has 1 saturated carbocycles. The standard InChI is InChI=1S/C18H28N4O2/c1-4-18(8-9-18)17-20-19-15-16(23)21(12(2)13(3)22(15)17)11-14-7-5-6-10-24-14/h14-15,19H,4-11H2,1-3H3/t14-,15?/m0/s1. The molecule has 0 aromatic carbocycles. The molecule has 4 rings (SSSR count). The third-order valence-electron chi connectivity index (χ3n) is 6.23. The van der Waals surface area contributed by atoms with Crippen molar-refractivity contribution in [2.24, 2.45) is 10.5 Å². The summed E-state index contributed by atoms with van der Waals surface area (Å²) in [6.45, 7) is 7.84. The van der Waals surface area contributed by atoms with Gasteiger partial charge in [0.25, 0.3) is 5.91 Å². The molecule has 0 spiro atoms. The van der Waals surface area contributed by atoms with Gasteiger partial charge in [-0.05, 0) is 52.4 Å². The van der Waals surface area contributed by atoms with Gasteiger partial charge in [-0.1, -0.05) is 6.92 Å². The fourth-order valence-corrected chi connectivity index (χ4v) is 4.20. The van der Waals surface area contributed by atoms with Crippen molar-refractivity contribution in [2.45, 2.75) is 71.6 Å². The van der Waals surface area contributed by atoms with E-state index in [-0.39, 0.29) is 23.6 Å². The smallest absolute Gasteiger partial charge is 0.272 e. The molecule has 4 aliphatic rings. The minimum absolute atomic E-state index is 0.0953. The molecule has 0 aromatic heterocycles. The molecule has 1 saturated heterocycles. The van der Waals surface area contributed by atoms with Crippen molar-refractivity contribution in [2.75, 3.05) is 13.2 Å². The lowest BCUT2D eigenvalue weighted by molar-refractivity contribution is -0.137. The maximum Gasteiger partial charge on any atom is 0.272 e. The van der Waals surface area contributed by atoms with Gasteiger partial charge in [-0.15, -0.1) is 0 Å². The Hall–Kier alpha value is -1.56. The Kier molecular flexibility index (Phi) is 3.82. The van der Waals surface area contributed by atoms with E-state index < -0.39 is 0 Å². The highest BCUT2D eigenvalue weighted by atomic mass is 16.5. The second kappa shape index (κ2) is 5.76. The summed E-state index contributed by atoms with van der Waals surface area (Å²) in [6, 6.07) is 0. The van der Waals surface area contributed by atoms with Crippen LogP contribution in [0.15, 0.2) is 16.5 Å². The number of hydrogen-bond acceptors (Lipinski definition) is 5. The molecule has 0 bridgehead atoms. The largest absolute Gasteiger partial charge is 0.376 e. The van der Waals surface area contributed by atoms with Crippen LogP contribution in [0.25, 0.3) is 0 Å². The summed E-state index contributed by atoms with van der Waals surface area (Å²) in [5, 5.41) is 4.58. The first kappa shape index (κ1) is 15.9. The van der Waals surface area contributed by atoms with Crippen LogP contribution >= 0.6 is 0 Å². The predicted molar refractivity (Wildman–Crippen MR) is 91.8 cm³/mol. The first-order chi connectivity index (χ1) is 11.6.